The van der Waals surface area contributed by atoms with Crippen LogP contribution in [0, 0.1) is 6.92 Å². The summed E-state index contributed by atoms with van der Waals surface area (Å²) in [5.41, 5.74) is 1.86. The molecule has 0 aliphatic heterocycles. The monoisotopic (exact) mass is 347 g/mol. The van der Waals surface area contributed by atoms with Crippen molar-refractivity contribution in [2.45, 2.75) is 33.2 Å². The van der Waals surface area contributed by atoms with Gasteiger partial charge < -0.3 is 10.6 Å². The van der Waals surface area contributed by atoms with Gasteiger partial charge in [-0.3, -0.25) is 15.1 Å². The van der Waals surface area contributed by atoms with Crippen molar-refractivity contribution in [1.29, 1.82) is 0 Å². The van der Waals surface area contributed by atoms with E-state index in [1.165, 1.54) is 11.3 Å². The molecule has 0 atom stereocenters. The second-order valence-corrected chi connectivity index (χ2v) is 6.52. The van der Waals surface area contributed by atoms with Crippen molar-refractivity contribution < 1.29 is 9.59 Å². The van der Waals surface area contributed by atoms with E-state index in [2.05, 4.69) is 25.9 Å². The fraction of sp³-hybridized carbons (Fsp3) is 0.375. The third-order valence-corrected chi connectivity index (χ3v) is 4.17. The van der Waals surface area contributed by atoms with Crippen molar-refractivity contribution in [1.82, 2.24) is 20.6 Å². The molecule has 2 aromatic heterocycles. The molecular formula is C16H21N5O2S. The molecule has 0 spiro atoms. The number of hydrogen-bond acceptors (Lipinski definition) is 5. The minimum atomic E-state index is -0.373. The summed E-state index contributed by atoms with van der Waals surface area (Å²) in [5, 5.41) is 8.63. The number of nitrogens with zero attached hydrogens (tertiary/aromatic N) is 2. The van der Waals surface area contributed by atoms with E-state index >= 15 is 0 Å². The lowest BCUT2D eigenvalue weighted by atomic mass is 10.2. The summed E-state index contributed by atoms with van der Waals surface area (Å²) in [6.07, 6.45) is 3.68. The number of aromatic nitrogens is 2. The average molecular weight is 347 g/mol. The lowest BCUT2D eigenvalue weighted by molar-refractivity contribution is -0.121. The van der Waals surface area contributed by atoms with Gasteiger partial charge in [0.2, 0.25) is 5.91 Å². The van der Waals surface area contributed by atoms with Crippen LogP contribution in [0.2, 0.25) is 0 Å². The highest BCUT2D eigenvalue weighted by molar-refractivity contribution is 7.19. The van der Waals surface area contributed by atoms with Gasteiger partial charge in [-0.15, -0.1) is 0 Å². The number of rotatable bonds is 6. The van der Waals surface area contributed by atoms with E-state index in [0.29, 0.717) is 5.13 Å². The average Bonchev–Trinajstić information content (AvgIpc) is 2.87. The number of urea groups is 1. The van der Waals surface area contributed by atoms with E-state index in [1.807, 2.05) is 32.9 Å². The molecule has 0 aromatic carbocycles. The number of nitrogens with one attached hydrogen (secondary N) is 3. The van der Waals surface area contributed by atoms with Crippen molar-refractivity contribution >= 4 is 28.4 Å². The molecular weight excluding hydrogens is 326 g/mol. The standard InChI is InChI=1S/C16H21N5O2S/c1-10(2)19-13(22)6-9-18-15(23)21-16-20-11(3)14(24-16)12-4-7-17-8-5-12/h4-5,7-8,10H,6,9H2,1-3H3,(H,19,22)(H2,18,20,21,23). The molecule has 0 aliphatic carbocycles. The number of anilines is 1. The summed E-state index contributed by atoms with van der Waals surface area (Å²) in [7, 11) is 0. The molecule has 2 rings (SSSR count). The zero-order chi connectivity index (χ0) is 17.5. The van der Waals surface area contributed by atoms with E-state index in [1.54, 1.807) is 12.4 Å². The van der Waals surface area contributed by atoms with Crippen LogP contribution in [0.3, 0.4) is 0 Å². The third-order valence-electron chi connectivity index (χ3n) is 3.05. The van der Waals surface area contributed by atoms with Crippen LogP contribution in [0.15, 0.2) is 24.5 Å². The quantitative estimate of drug-likeness (QED) is 0.748. The van der Waals surface area contributed by atoms with E-state index in [0.717, 1.165) is 16.1 Å². The van der Waals surface area contributed by atoms with Crippen LogP contribution >= 0.6 is 11.3 Å². The van der Waals surface area contributed by atoms with E-state index in [4.69, 9.17) is 0 Å². The highest BCUT2D eigenvalue weighted by atomic mass is 32.1. The molecule has 3 amide bonds. The first-order valence-corrected chi connectivity index (χ1v) is 8.49. The topological polar surface area (TPSA) is 96.0 Å². The Labute approximate surface area is 144 Å². The number of pyridine rings is 1. The smallest absolute Gasteiger partial charge is 0.321 e. The molecule has 128 valence electrons. The summed E-state index contributed by atoms with van der Waals surface area (Å²) in [6, 6.07) is 3.52. The predicted octanol–water partition coefficient (Wildman–Crippen LogP) is 2.55. The van der Waals surface area contributed by atoms with Gasteiger partial charge in [0, 0.05) is 31.4 Å². The molecule has 0 fully saturated rings. The first-order chi connectivity index (χ1) is 11.5. The normalized spacial score (nSPS) is 10.5. The lowest BCUT2D eigenvalue weighted by Gasteiger charge is -2.08. The number of carbonyl (C=O) groups is 2. The zero-order valence-electron chi connectivity index (χ0n) is 13.9. The molecule has 0 radical (unpaired) electrons. The van der Waals surface area contributed by atoms with Gasteiger partial charge >= 0.3 is 6.03 Å². The van der Waals surface area contributed by atoms with Gasteiger partial charge in [-0.1, -0.05) is 11.3 Å². The van der Waals surface area contributed by atoms with Crippen LogP contribution in [0.5, 0.6) is 0 Å². The summed E-state index contributed by atoms with van der Waals surface area (Å²) >= 11 is 1.40. The van der Waals surface area contributed by atoms with Crippen LogP contribution < -0.4 is 16.0 Å². The van der Waals surface area contributed by atoms with Gasteiger partial charge in [-0.05, 0) is 38.5 Å². The van der Waals surface area contributed by atoms with Crippen molar-refractivity contribution in [3.05, 3.63) is 30.2 Å². The molecule has 0 aliphatic rings. The molecule has 0 bridgehead atoms. The van der Waals surface area contributed by atoms with Gasteiger partial charge in [0.05, 0.1) is 10.6 Å². The van der Waals surface area contributed by atoms with Gasteiger partial charge in [0.1, 0.15) is 0 Å². The highest BCUT2D eigenvalue weighted by Gasteiger charge is 2.12. The van der Waals surface area contributed by atoms with Crippen LogP contribution in [0.1, 0.15) is 26.0 Å². The summed E-state index contributed by atoms with van der Waals surface area (Å²) < 4.78 is 0. The Hall–Kier alpha value is -2.48. The molecule has 0 saturated carbocycles. The molecule has 0 unspecified atom stereocenters. The van der Waals surface area contributed by atoms with Crippen LogP contribution in [0.25, 0.3) is 10.4 Å². The Morgan fingerprint density at radius 3 is 2.62 bits per heavy atom. The summed E-state index contributed by atoms with van der Waals surface area (Å²) in [6.45, 7) is 5.95. The van der Waals surface area contributed by atoms with Crippen molar-refractivity contribution in [2.75, 3.05) is 11.9 Å². The molecule has 2 aromatic rings. The maximum atomic E-state index is 11.9. The summed E-state index contributed by atoms with van der Waals surface area (Å²) in [4.78, 5) is 32.7. The Morgan fingerprint density at radius 2 is 1.96 bits per heavy atom. The van der Waals surface area contributed by atoms with Crippen molar-refractivity contribution in [3.8, 4) is 10.4 Å². The van der Waals surface area contributed by atoms with Gasteiger partial charge in [0.15, 0.2) is 5.13 Å². The van der Waals surface area contributed by atoms with Crippen LogP contribution in [0.4, 0.5) is 9.93 Å². The van der Waals surface area contributed by atoms with E-state index in [9.17, 15) is 9.59 Å². The Balaban J connectivity index is 1.86. The Kier molecular flexibility index (Phi) is 6.25. The molecule has 0 saturated heterocycles. The fourth-order valence-corrected chi connectivity index (χ4v) is 3.01. The Bertz CT molecular complexity index is 700. The lowest BCUT2D eigenvalue weighted by Crippen LogP contribution is -2.35. The number of hydrogen-bond donors (Lipinski definition) is 3. The van der Waals surface area contributed by atoms with Crippen molar-refractivity contribution in [2.24, 2.45) is 0 Å². The number of carbonyl (C=O) groups excluding carboxylic acids is 2. The molecule has 8 heteroatoms. The molecule has 3 N–H and O–H groups in total. The van der Waals surface area contributed by atoms with Crippen molar-refractivity contribution in [3.63, 3.8) is 0 Å². The second-order valence-electron chi connectivity index (χ2n) is 5.52. The minimum absolute atomic E-state index is 0.0876. The van der Waals surface area contributed by atoms with Crippen LogP contribution in [-0.4, -0.2) is 34.5 Å². The predicted molar refractivity (Wildman–Crippen MR) is 95.0 cm³/mol. The van der Waals surface area contributed by atoms with Gasteiger partial charge in [-0.25, -0.2) is 9.78 Å². The van der Waals surface area contributed by atoms with Crippen LogP contribution in [-0.2, 0) is 4.79 Å². The summed E-state index contributed by atoms with van der Waals surface area (Å²) in [5.74, 6) is -0.0876. The number of thiazole rings is 1. The van der Waals surface area contributed by atoms with Gasteiger partial charge in [0.25, 0.3) is 0 Å². The SMILES string of the molecule is Cc1nc(NC(=O)NCCC(=O)NC(C)C)sc1-c1ccncc1. The first kappa shape index (κ1) is 17.9. The highest BCUT2D eigenvalue weighted by Crippen LogP contribution is 2.32. The number of amides is 3. The maximum absolute atomic E-state index is 11.9. The third kappa shape index (κ3) is 5.31. The Morgan fingerprint density at radius 1 is 1.25 bits per heavy atom. The van der Waals surface area contributed by atoms with E-state index in [-0.39, 0.29) is 30.9 Å². The first-order valence-electron chi connectivity index (χ1n) is 7.67. The van der Waals surface area contributed by atoms with Gasteiger partial charge in [-0.2, -0.15) is 0 Å². The van der Waals surface area contributed by atoms with E-state index < -0.39 is 0 Å². The molecule has 2 heterocycles. The second kappa shape index (κ2) is 8.39. The minimum Gasteiger partial charge on any atom is -0.354 e. The largest absolute Gasteiger partial charge is 0.354 e. The maximum Gasteiger partial charge on any atom is 0.321 e. The fourth-order valence-electron chi connectivity index (χ4n) is 2.05. The molecule has 24 heavy (non-hydrogen) atoms. The molecule has 7 nitrogen and oxygen atoms in total. The number of aryl methyl sites for hydroxylation is 1. The zero-order valence-corrected chi connectivity index (χ0v) is 14.7.